The molecule has 1 atom stereocenters. The molecule has 0 saturated heterocycles. The van der Waals surface area contributed by atoms with Crippen LogP contribution in [0, 0.1) is 13.8 Å². The van der Waals surface area contributed by atoms with Gasteiger partial charge in [0, 0.05) is 12.0 Å². The Morgan fingerprint density at radius 1 is 1.47 bits per heavy atom. The molecule has 1 amide bonds. The van der Waals surface area contributed by atoms with Gasteiger partial charge in [0.2, 0.25) is 5.91 Å². The van der Waals surface area contributed by atoms with Gasteiger partial charge in [-0.1, -0.05) is 5.16 Å². The summed E-state index contributed by atoms with van der Waals surface area (Å²) in [6, 6.07) is -0.0525. The highest BCUT2D eigenvalue weighted by Crippen LogP contribution is 2.20. The zero-order valence-corrected chi connectivity index (χ0v) is 11.0. The second-order valence-electron chi connectivity index (χ2n) is 4.23. The molecule has 0 aliphatic rings. The monoisotopic (exact) mass is 239 g/mol. The summed E-state index contributed by atoms with van der Waals surface area (Å²) in [7, 11) is 1.88. The lowest BCUT2D eigenvalue weighted by atomic mass is 10.1. The lowest BCUT2D eigenvalue weighted by molar-refractivity contribution is -0.121. The molecule has 0 radical (unpaired) electrons. The van der Waals surface area contributed by atoms with E-state index in [2.05, 4.69) is 15.8 Å². The van der Waals surface area contributed by atoms with E-state index in [-0.39, 0.29) is 11.9 Å². The molecule has 0 aromatic carbocycles. The third-order valence-corrected chi connectivity index (χ3v) is 2.73. The van der Waals surface area contributed by atoms with E-state index in [9.17, 15) is 4.79 Å². The molecule has 1 heterocycles. The molecule has 1 aromatic heterocycles. The average Bonchev–Trinajstić information content (AvgIpc) is 2.58. The molecule has 1 unspecified atom stereocenters. The highest BCUT2D eigenvalue weighted by molar-refractivity contribution is 5.76. The van der Waals surface area contributed by atoms with Gasteiger partial charge in [-0.15, -0.1) is 0 Å². The van der Waals surface area contributed by atoms with Crippen molar-refractivity contribution in [3.63, 3.8) is 0 Å². The highest BCUT2D eigenvalue weighted by Gasteiger charge is 2.17. The first kappa shape index (κ1) is 13.7. The Labute approximate surface area is 102 Å². The van der Waals surface area contributed by atoms with E-state index in [0.717, 1.165) is 30.0 Å². The molecule has 0 spiro atoms. The number of carbonyl (C=O) groups is 1. The van der Waals surface area contributed by atoms with Crippen LogP contribution in [0.1, 0.15) is 42.8 Å². The Balaban J connectivity index is 2.49. The molecule has 1 aromatic rings. The van der Waals surface area contributed by atoms with Gasteiger partial charge >= 0.3 is 0 Å². The summed E-state index contributed by atoms with van der Waals surface area (Å²) < 4.78 is 5.09. The van der Waals surface area contributed by atoms with Crippen LogP contribution in [0.4, 0.5) is 0 Å². The number of aromatic nitrogens is 1. The molecule has 96 valence electrons. The van der Waals surface area contributed by atoms with Gasteiger partial charge in [0.25, 0.3) is 0 Å². The molecule has 0 saturated carbocycles. The first-order chi connectivity index (χ1) is 8.06. The summed E-state index contributed by atoms with van der Waals surface area (Å²) in [5, 5.41) is 9.86. The number of nitrogens with one attached hydrogen (secondary N) is 2. The van der Waals surface area contributed by atoms with Crippen molar-refractivity contribution >= 4 is 5.91 Å². The van der Waals surface area contributed by atoms with Crippen LogP contribution in [0.5, 0.6) is 0 Å². The number of carbonyl (C=O) groups excluding carboxylic acids is 1. The maximum Gasteiger partial charge on any atom is 0.220 e. The third kappa shape index (κ3) is 3.85. The van der Waals surface area contributed by atoms with Crippen molar-refractivity contribution in [3.8, 4) is 0 Å². The van der Waals surface area contributed by atoms with E-state index in [4.69, 9.17) is 4.52 Å². The third-order valence-electron chi connectivity index (χ3n) is 2.73. The van der Waals surface area contributed by atoms with Gasteiger partial charge in [0.1, 0.15) is 5.76 Å². The van der Waals surface area contributed by atoms with Crippen molar-refractivity contribution in [2.75, 3.05) is 13.6 Å². The molecule has 0 fully saturated rings. The van der Waals surface area contributed by atoms with Crippen LogP contribution in [0.15, 0.2) is 4.52 Å². The van der Waals surface area contributed by atoms with Crippen LogP contribution < -0.4 is 10.6 Å². The minimum absolute atomic E-state index is 0.0525. The van der Waals surface area contributed by atoms with Crippen molar-refractivity contribution in [1.82, 2.24) is 15.8 Å². The van der Waals surface area contributed by atoms with E-state index >= 15 is 0 Å². The van der Waals surface area contributed by atoms with Crippen molar-refractivity contribution in [2.24, 2.45) is 0 Å². The average molecular weight is 239 g/mol. The standard InChI is InChI=1S/C12H21N3O2/c1-8(12-9(2)15-17-10(12)3)14-11(16)6-5-7-13-4/h8,13H,5-7H2,1-4H3,(H,14,16). The van der Waals surface area contributed by atoms with E-state index in [0.29, 0.717) is 6.42 Å². The van der Waals surface area contributed by atoms with Crippen molar-refractivity contribution < 1.29 is 9.32 Å². The fraction of sp³-hybridized carbons (Fsp3) is 0.667. The summed E-state index contributed by atoms with van der Waals surface area (Å²) in [4.78, 5) is 11.7. The van der Waals surface area contributed by atoms with Gasteiger partial charge in [-0.25, -0.2) is 0 Å². The maximum atomic E-state index is 11.7. The molecule has 5 nitrogen and oxygen atoms in total. The Morgan fingerprint density at radius 2 is 2.18 bits per heavy atom. The molecule has 2 N–H and O–H groups in total. The van der Waals surface area contributed by atoms with Gasteiger partial charge in [-0.3, -0.25) is 4.79 Å². The lowest BCUT2D eigenvalue weighted by Crippen LogP contribution is -2.27. The normalized spacial score (nSPS) is 12.5. The lowest BCUT2D eigenvalue weighted by Gasteiger charge is -2.13. The maximum absolute atomic E-state index is 11.7. The molecule has 5 heteroatoms. The van der Waals surface area contributed by atoms with Crippen LogP contribution in [0.2, 0.25) is 0 Å². The highest BCUT2D eigenvalue weighted by atomic mass is 16.5. The smallest absolute Gasteiger partial charge is 0.220 e. The zero-order chi connectivity index (χ0) is 12.8. The number of hydrogen-bond acceptors (Lipinski definition) is 4. The Kier molecular flexibility index (Phi) is 5.15. The molecular formula is C12H21N3O2. The van der Waals surface area contributed by atoms with E-state index in [1.54, 1.807) is 0 Å². The molecule has 17 heavy (non-hydrogen) atoms. The van der Waals surface area contributed by atoms with Crippen LogP contribution in [0.3, 0.4) is 0 Å². The first-order valence-corrected chi connectivity index (χ1v) is 5.93. The van der Waals surface area contributed by atoms with E-state index in [1.165, 1.54) is 0 Å². The minimum atomic E-state index is -0.0525. The largest absolute Gasteiger partial charge is 0.361 e. The predicted molar refractivity (Wildman–Crippen MR) is 65.7 cm³/mol. The second kappa shape index (κ2) is 6.39. The number of hydrogen-bond donors (Lipinski definition) is 2. The van der Waals surface area contributed by atoms with Gasteiger partial charge in [-0.2, -0.15) is 0 Å². The number of rotatable bonds is 6. The van der Waals surface area contributed by atoms with Crippen LogP contribution in [0.25, 0.3) is 0 Å². The summed E-state index contributed by atoms with van der Waals surface area (Å²) >= 11 is 0. The van der Waals surface area contributed by atoms with Crippen molar-refractivity contribution in [2.45, 2.75) is 39.7 Å². The van der Waals surface area contributed by atoms with Crippen LogP contribution in [-0.4, -0.2) is 24.7 Å². The predicted octanol–water partition coefficient (Wildman–Crippen LogP) is 1.47. The zero-order valence-electron chi connectivity index (χ0n) is 11.0. The van der Waals surface area contributed by atoms with Gasteiger partial charge in [0.05, 0.1) is 11.7 Å². The van der Waals surface area contributed by atoms with E-state index < -0.39 is 0 Å². The topological polar surface area (TPSA) is 67.2 Å². The SMILES string of the molecule is CNCCCC(=O)NC(C)c1c(C)noc1C. The number of aryl methyl sites for hydroxylation is 2. The van der Waals surface area contributed by atoms with Gasteiger partial charge in [-0.05, 0) is 40.8 Å². The Morgan fingerprint density at radius 3 is 2.71 bits per heavy atom. The molecule has 1 rings (SSSR count). The second-order valence-corrected chi connectivity index (χ2v) is 4.23. The summed E-state index contributed by atoms with van der Waals surface area (Å²) in [5.74, 6) is 0.832. The number of nitrogens with zero attached hydrogens (tertiary/aromatic N) is 1. The molecule has 0 aliphatic heterocycles. The molecule has 0 bridgehead atoms. The molecule has 0 aliphatic carbocycles. The minimum Gasteiger partial charge on any atom is -0.361 e. The van der Waals surface area contributed by atoms with Crippen molar-refractivity contribution in [3.05, 3.63) is 17.0 Å². The number of amides is 1. The quantitative estimate of drug-likeness (QED) is 0.738. The van der Waals surface area contributed by atoms with Crippen LogP contribution in [-0.2, 0) is 4.79 Å². The van der Waals surface area contributed by atoms with Gasteiger partial charge in [0.15, 0.2) is 0 Å². The van der Waals surface area contributed by atoms with Crippen LogP contribution >= 0.6 is 0 Å². The van der Waals surface area contributed by atoms with Crippen molar-refractivity contribution in [1.29, 1.82) is 0 Å². The Hall–Kier alpha value is -1.36. The fourth-order valence-electron chi connectivity index (χ4n) is 1.92. The van der Waals surface area contributed by atoms with Gasteiger partial charge < -0.3 is 15.2 Å². The first-order valence-electron chi connectivity index (χ1n) is 5.93. The summed E-state index contributed by atoms with van der Waals surface area (Å²) in [6.07, 6.45) is 1.38. The summed E-state index contributed by atoms with van der Waals surface area (Å²) in [6.45, 7) is 6.55. The molecular weight excluding hydrogens is 218 g/mol. The summed E-state index contributed by atoms with van der Waals surface area (Å²) in [5.41, 5.74) is 1.82. The Bertz CT molecular complexity index is 354. The van der Waals surface area contributed by atoms with E-state index in [1.807, 2.05) is 27.8 Å². The fourth-order valence-corrected chi connectivity index (χ4v) is 1.92.